The summed E-state index contributed by atoms with van der Waals surface area (Å²) in [5.74, 6) is 0.574. The van der Waals surface area contributed by atoms with E-state index in [-0.39, 0.29) is 11.3 Å². The van der Waals surface area contributed by atoms with Crippen molar-refractivity contribution in [1.82, 2.24) is 14.8 Å². The van der Waals surface area contributed by atoms with Crippen LogP contribution < -0.4 is 10.4 Å². The van der Waals surface area contributed by atoms with Crippen LogP contribution in [0.1, 0.15) is 12.8 Å². The molecule has 2 aromatic heterocycles. The third-order valence-electron chi connectivity index (χ3n) is 4.13. The molecule has 1 aliphatic carbocycles. The SMILES string of the molecule is O=c1c2cccnc2c(-c2cccc(O[N+](=O)[O-])c2)nn1CC1CC1. The van der Waals surface area contributed by atoms with Gasteiger partial charge in [0.05, 0.1) is 5.39 Å². The van der Waals surface area contributed by atoms with Gasteiger partial charge < -0.3 is 0 Å². The van der Waals surface area contributed by atoms with Crippen LogP contribution in [0.25, 0.3) is 22.2 Å². The van der Waals surface area contributed by atoms with Gasteiger partial charge in [-0.1, -0.05) is 12.1 Å². The number of hydrogen-bond acceptors (Lipinski definition) is 6. The van der Waals surface area contributed by atoms with Crippen LogP contribution >= 0.6 is 0 Å². The lowest BCUT2D eigenvalue weighted by molar-refractivity contribution is -0.711. The fourth-order valence-corrected chi connectivity index (χ4v) is 2.77. The van der Waals surface area contributed by atoms with E-state index in [2.05, 4.69) is 14.9 Å². The summed E-state index contributed by atoms with van der Waals surface area (Å²) in [5.41, 5.74) is 1.41. The van der Waals surface area contributed by atoms with E-state index in [4.69, 9.17) is 0 Å². The first-order valence-corrected chi connectivity index (χ1v) is 7.90. The number of nitrogens with zero attached hydrogens (tertiary/aromatic N) is 4. The lowest BCUT2D eigenvalue weighted by atomic mass is 10.1. The van der Waals surface area contributed by atoms with E-state index in [1.165, 1.54) is 16.8 Å². The first-order valence-electron chi connectivity index (χ1n) is 7.90. The van der Waals surface area contributed by atoms with E-state index >= 15 is 0 Å². The highest BCUT2D eigenvalue weighted by Gasteiger charge is 2.24. The minimum atomic E-state index is -0.864. The molecular formula is C17H14N4O4. The summed E-state index contributed by atoms with van der Waals surface area (Å²) in [4.78, 5) is 32.0. The van der Waals surface area contributed by atoms with Crippen LogP contribution in [0.4, 0.5) is 0 Å². The third kappa shape index (κ3) is 3.06. The molecular weight excluding hydrogens is 324 g/mol. The number of rotatable bonds is 5. The van der Waals surface area contributed by atoms with Gasteiger partial charge in [-0.3, -0.25) is 14.6 Å². The summed E-state index contributed by atoms with van der Waals surface area (Å²) in [7, 11) is 0. The Hall–Kier alpha value is -3.29. The number of pyridine rings is 1. The van der Waals surface area contributed by atoms with Crippen LogP contribution in [0.3, 0.4) is 0 Å². The van der Waals surface area contributed by atoms with Crippen LogP contribution in [0.15, 0.2) is 47.4 Å². The Morgan fingerprint density at radius 3 is 2.88 bits per heavy atom. The van der Waals surface area contributed by atoms with Gasteiger partial charge in [0, 0.05) is 18.3 Å². The van der Waals surface area contributed by atoms with Gasteiger partial charge in [0.15, 0.2) is 0 Å². The van der Waals surface area contributed by atoms with Crippen LogP contribution in [-0.4, -0.2) is 19.9 Å². The second kappa shape index (κ2) is 5.97. The minimum absolute atomic E-state index is 0.0910. The number of fused-ring (bicyclic) bond motifs is 1. The minimum Gasteiger partial charge on any atom is -0.276 e. The van der Waals surface area contributed by atoms with Crippen LogP contribution in [0.2, 0.25) is 0 Å². The quantitative estimate of drug-likeness (QED) is 0.523. The average molecular weight is 338 g/mol. The highest BCUT2D eigenvalue weighted by Crippen LogP contribution is 2.31. The molecule has 3 aromatic rings. The highest BCUT2D eigenvalue weighted by molar-refractivity contribution is 5.90. The molecule has 126 valence electrons. The van der Waals surface area contributed by atoms with Gasteiger partial charge in [0.1, 0.15) is 17.0 Å². The molecule has 0 radical (unpaired) electrons. The molecule has 1 fully saturated rings. The Balaban J connectivity index is 1.89. The van der Waals surface area contributed by atoms with Crippen LogP contribution in [0, 0.1) is 16.0 Å². The third-order valence-corrected chi connectivity index (χ3v) is 4.13. The van der Waals surface area contributed by atoms with Gasteiger partial charge in [0.2, 0.25) is 0 Å². The van der Waals surface area contributed by atoms with Gasteiger partial charge in [0.25, 0.3) is 10.6 Å². The van der Waals surface area contributed by atoms with Crippen molar-refractivity contribution in [3.05, 3.63) is 63.1 Å². The Morgan fingerprint density at radius 1 is 1.28 bits per heavy atom. The molecule has 0 N–H and O–H groups in total. The zero-order valence-corrected chi connectivity index (χ0v) is 13.2. The molecule has 2 heterocycles. The fraction of sp³-hybridized carbons (Fsp3) is 0.235. The average Bonchev–Trinajstić information content (AvgIpc) is 3.41. The van der Waals surface area contributed by atoms with Gasteiger partial charge in [-0.25, -0.2) is 4.68 Å². The molecule has 0 atom stereocenters. The number of benzene rings is 1. The molecule has 1 aliphatic rings. The molecule has 0 unspecified atom stereocenters. The van der Waals surface area contributed by atoms with Crippen molar-refractivity contribution in [3.63, 3.8) is 0 Å². The van der Waals surface area contributed by atoms with E-state index in [9.17, 15) is 14.9 Å². The molecule has 0 amide bonds. The standard InChI is InChI=1S/C17H14N4O4/c22-17-14-5-2-8-18-16(14)15(19-20(17)10-11-6-7-11)12-3-1-4-13(9-12)25-21(23)24/h1-5,8-9,11H,6-7,10H2. The summed E-state index contributed by atoms with van der Waals surface area (Å²) >= 11 is 0. The summed E-state index contributed by atoms with van der Waals surface area (Å²) in [5, 5.41) is 14.7. The van der Waals surface area contributed by atoms with E-state index in [0.29, 0.717) is 34.6 Å². The van der Waals surface area contributed by atoms with Gasteiger partial charge in [-0.15, -0.1) is 10.1 Å². The Kier molecular flexibility index (Phi) is 3.64. The largest absolute Gasteiger partial charge is 0.299 e. The highest BCUT2D eigenvalue weighted by atomic mass is 17.0. The summed E-state index contributed by atoms with van der Waals surface area (Å²) in [6.45, 7) is 0.571. The van der Waals surface area contributed by atoms with Gasteiger partial charge >= 0.3 is 0 Å². The normalized spacial score (nSPS) is 13.8. The molecule has 0 spiro atoms. The van der Waals surface area contributed by atoms with E-state index in [1.54, 1.807) is 30.5 Å². The van der Waals surface area contributed by atoms with E-state index in [0.717, 1.165) is 12.8 Å². The van der Waals surface area contributed by atoms with Gasteiger partial charge in [-0.2, -0.15) is 5.10 Å². The predicted octanol–water partition coefficient (Wildman–Crippen LogP) is 2.44. The number of aromatic nitrogens is 3. The zero-order chi connectivity index (χ0) is 17.4. The maximum atomic E-state index is 12.6. The molecule has 25 heavy (non-hydrogen) atoms. The van der Waals surface area contributed by atoms with Crippen molar-refractivity contribution in [1.29, 1.82) is 0 Å². The summed E-state index contributed by atoms with van der Waals surface area (Å²) < 4.78 is 1.47. The fourth-order valence-electron chi connectivity index (χ4n) is 2.77. The smallest absolute Gasteiger partial charge is 0.276 e. The van der Waals surface area contributed by atoms with E-state index in [1.807, 2.05) is 0 Å². The Bertz CT molecular complexity index is 1030. The first kappa shape index (κ1) is 15.3. The topological polar surface area (TPSA) is 100 Å². The maximum absolute atomic E-state index is 12.6. The Labute approximate surface area is 141 Å². The second-order valence-electron chi connectivity index (χ2n) is 6.02. The molecule has 1 saturated carbocycles. The van der Waals surface area contributed by atoms with Crippen molar-refractivity contribution in [2.75, 3.05) is 0 Å². The van der Waals surface area contributed by atoms with Crippen molar-refractivity contribution in [2.45, 2.75) is 19.4 Å². The lowest BCUT2D eigenvalue weighted by Gasteiger charge is -2.10. The molecule has 8 nitrogen and oxygen atoms in total. The van der Waals surface area contributed by atoms with Crippen LogP contribution in [-0.2, 0) is 6.54 Å². The monoisotopic (exact) mass is 338 g/mol. The zero-order valence-electron chi connectivity index (χ0n) is 13.2. The predicted molar refractivity (Wildman–Crippen MR) is 89.6 cm³/mol. The van der Waals surface area contributed by atoms with E-state index < -0.39 is 5.09 Å². The van der Waals surface area contributed by atoms with Gasteiger partial charge in [-0.05, 0) is 43.0 Å². The van der Waals surface area contributed by atoms with Crippen molar-refractivity contribution >= 4 is 10.9 Å². The summed E-state index contributed by atoms with van der Waals surface area (Å²) in [6, 6.07) is 9.83. The molecule has 0 saturated heterocycles. The van der Waals surface area contributed by atoms with Crippen molar-refractivity contribution in [2.24, 2.45) is 5.92 Å². The van der Waals surface area contributed by atoms with Crippen LogP contribution in [0.5, 0.6) is 5.75 Å². The summed E-state index contributed by atoms with van der Waals surface area (Å²) in [6.07, 6.45) is 3.79. The molecule has 4 rings (SSSR count). The number of hydrogen-bond donors (Lipinski definition) is 0. The van der Waals surface area contributed by atoms with Crippen molar-refractivity contribution < 1.29 is 9.92 Å². The second-order valence-corrected chi connectivity index (χ2v) is 6.02. The molecule has 0 aliphatic heterocycles. The molecule has 8 heteroatoms. The first-order chi connectivity index (χ1) is 12.1. The maximum Gasteiger partial charge on any atom is 0.299 e. The van der Waals surface area contributed by atoms with Crippen molar-refractivity contribution in [3.8, 4) is 17.0 Å². The molecule has 1 aromatic carbocycles. The lowest BCUT2D eigenvalue weighted by Crippen LogP contribution is -2.25. The Morgan fingerprint density at radius 2 is 2.12 bits per heavy atom. The molecule has 0 bridgehead atoms.